The number of fused-ring (bicyclic) bond motifs is 1. The van der Waals surface area contributed by atoms with Crippen LogP contribution in [0, 0.1) is 24.0 Å². The number of carbonyl (C=O) groups is 2. The summed E-state index contributed by atoms with van der Waals surface area (Å²) < 4.78 is 1.56. The van der Waals surface area contributed by atoms with Gasteiger partial charge in [0, 0.05) is 53.3 Å². The van der Waals surface area contributed by atoms with Crippen LogP contribution in [0.5, 0.6) is 0 Å². The molecule has 0 unspecified atom stereocenters. The maximum atomic E-state index is 13.1. The number of urea groups is 1. The Balaban J connectivity index is 1.60. The van der Waals surface area contributed by atoms with E-state index in [1.54, 1.807) is 42.1 Å². The number of amides is 3. The van der Waals surface area contributed by atoms with Crippen LogP contribution in [0.3, 0.4) is 0 Å². The Morgan fingerprint density at radius 1 is 1.03 bits per heavy atom. The number of nitrogens with zero attached hydrogens (tertiary/aromatic N) is 3. The van der Waals surface area contributed by atoms with E-state index in [9.17, 15) is 24.5 Å². The van der Waals surface area contributed by atoms with E-state index in [1.165, 1.54) is 18.2 Å². The minimum absolute atomic E-state index is 0.0255. The zero-order chi connectivity index (χ0) is 25.3. The number of nitrogens with one attached hydrogen (secondary N) is 2. The molecule has 0 aliphatic rings. The fourth-order valence-corrected chi connectivity index (χ4v) is 3.75. The van der Waals surface area contributed by atoms with Gasteiger partial charge in [0.15, 0.2) is 0 Å². The van der Waals surface area contributed by atoms with Crippen molar-refractivity contribution in [3.8, 4) is 11.1 Å². The van der Waals surface area contributed by atoms with Crippen molar-refractivity contribution in [2.75, 3.05) is 5.32 Å². The van der Waals surface area contributed by atoms with E-state index in [1.807, 2.05) is 19.9 Å². The summed E-state index contributed by atoms with van der Waals surface area (Å²) in [6.45, 7) is 3.70. The van der Waals surface area contributed by atoms with Gasteiger partial charge < -0.3 is 9.88 Å². The molecular formula is C25H21N5O5. The lowest BCUT2D eigenvalue weighted by molar-refractivity contribution is -0.384. The van der Waals surface area contributed by atoms with Gasteiger partial charge in [-0.1, -0.05) is 12.1 Å². The lowest BCUT2D eigenvalue weighted by atomic mass is 9.99. The zero-order valence-corrected chi connectivity index (χ0v) is 19.2. The van der Waals surface area contributed by atoms with Crippen molar-refractivity contribution in [2.45, 2.75) is 13.8 Å². The lowest BCUT2D eigenvalue weighted by Gasteiger charge is -2.13. The SMILES string of the molecule is Cc1cc2c(cn1)cc(-c1cc(NC(=O)NC(=O)c3cccc([N+](=O)[O-])c3)ccc1C)c(=O)n2C. The summed E-state index contributed by atoms with van der Waals surface area (Å²) in [5, 5.41) is 16.4. The molecule has 0 aliphatic carbocycles. The van der Waals surface area contributed by atoms with E-state index in [0.29, 0.717) is 16.8 Å². The summed E-state index contributed by atoms with van der Waals surface area (Å²) in [7, 11) is 1.69. The molecule has 0 saturated heterocycles. The number of aryl methyl sites for hydroxylation is 3. The first-order chi connectivity index (χ1) is 16.6. The molecule has 2 aromatic heterocycles. The molecule has 10 heteroatoms. The van der Waals surface area contributed by atoms with E-state index in [0.717, 1.165) is 28.2 Å². The number of aromatic nitrogens is 2. The van der Waals surface area contributed by atoms with Crippen LogP contribution in [0.25, 0.3) is 22.0 Å². The second kappa shape index (κ2) is 9.18. The van der Waals surface area contributed by atoms with Gasteiger partial charge in [-0.05, 0) is 55.3 Å². The number of pyridine rings is 2. The van der Waals surface area contributed by atoms with Crippen LogP contribution >= 0.6 is 0 Å². The van der Waals surface area contributed by atoms with Gasteiger partial charge in [-0.2, -0.15) is 0 Å². The summed E-state index contributed by atoms with van der Waals surface area (Å²) in [6, 6.07) is 12.9. The van der Waals surface area contributed by atoms with Crippen molar-refractivity contribution in [3.63, 3.8) is 0 Å². The zero-order valence-electron chi connectivity index (χ0n) is 19.2. The normalized spacial score (nSPS) is 10.7. The largest absolute Gasteiger partial charge is 0.326 e. The maximum Gasteiger partial charge on any atom is 0.326 e. The van der Waals surface area contributed by atoms with E-state index in [-0.39, 0.29) is 16.8 Å². The van der Waals surface area contributed by atoms with Gasteiger partial charge in [0.25, 0.3) is 17.2 Å². The molecule has 35 heavy (non-hydrogen) atoms. The van der Waals surface area contributed by atoms with Crippen molar-refractivity contribution in [3.05, 3.63) is 98.1 Å². The molecular weight excluding hydrogens is 450 g/mol. The quantitative estimate of drug-likeness (QED) is 0.340. The van der Waals surface area contributed by atoms with Gasteiger partial charge in [-0.3, -0.25) is 30.0 Å². The van der Waals surface area contributed by atoms with E-state index >= 15 is 0 Å². The summed E-state index contributed by atoms with van der Waals surface area (Å²) in [4.78, 5) is 52.5. The molecule has 3 amide bonds. The molecule has 0 atom stereocenters. The van der Waals surface area contributed by atoms with Gasteiger partial charge in [0.05, 0.1) is 10.4 Å². The van der Waals surface area contributed by atoms with Gasteiger partial charge in [0.2, 0.25) is 0 Å². The molecule has 2 aromatic carbocycles. The highest BCUT2D eigenvalue weighted by atomic mass is 16.6. The Morgan fingerprint density at radius 2 is 1.80 bits per heavy atom. The van der Waals surface area contributed by atoms with Gasteiger partial charge in [-0.25, -0.2) is 4.79 Å². The molecule has 0 bridgehead atoms. The van der Waals surface area contributed by atoms with Crippen LogP contribution in [-0.2, 0) is 7.05 Å². The molecule has 0 saturated carbocycles. The summed E-state index contributed by atoms with van der Waals surface area (Å²) >= 11 is 0. The van der Waals surface area contributed by atoms with Crippen LogP contribution in [0.15, 0.2) is 65.6 Å². The molecule has 4 aromatic rings. The first-order valence-corrected chi connectivity index (χ1v) is 10.6. The average Bonchev–Trinajstić information content (AvgIpc) is 2.83. The van der Waals surface area contributed by atoms with Crippen molar-refractivity contribution in [2.24, 2.45) is 7.05 Å². The van der Waals surface area contributed by atoms with Gasteiger partial charge >= 0.3 is 6.03 Å². The third-order valence-electron chi connectivity index (χ3n) is 5.58. The second-order valence-corrected chi connectivity index (χ2v) is 8.05. The maximum absolute atomic E-state index is 13.1. The number of hydrogen-bond acceptors (Lipinski definition) is 6. The number of benzene rings is 2. The highest BCUT2D eigenvalue weighted by molar-refractivity contribution is 6.08. The standard InChI is InChI=1S/C25H21N5O5/c1-14-7-8-18(27-25(33)28-23(31)16-5-4-6-19(10-16)30(34)35)12-20(14)21-11-17-13-26-15(2)9-22(17)29(3)24(21)32/h4-13H,1-3H3,(H2,27,28,31,33). The topological polar surface area (TPSA) is 136 Å². The molecule has 0 radical (unpaired) electrons. The summed E-state index contributed by atoms with van der Waals surface area (Å²) in [5.74, 6) is -0.787. The van der Waals surface area contributed by atoms with Crippen molar-refractivity contribution >= 4 is 34.2 Å². The molecule has 4 rings (SSSR count). The smallest absolute Gasteiger partial charge is 0.311 e. The molecule has 0 aliphatic heterocycles. The van der Waals surface area contributed by atoms with E-state index < -0.39 is 16.9 Å². The molecule has 0 fully saturated rings. The van der Waals surface area contributed by atoms with Crippen LogP contribution in [0.2, 0.25) is 0 Å². The first kappa shape index (κ1) is 23.3. The highest BCUT2D eigenvalue weighted by Crippen LogP contribution is 2.27. The number of non-ortho nitro benzene ring substituents is 1. The van der Waals surface area contributed by atoms with E-state index in [4.69, 9.17) is 0 Å². The molecule has 10 nitrogen and oxygen atoms in total. The predicted molar refractivity (Wildman–Crippen MR) is 131 cm³/mol. The number of imide groups is 1. The molecule has 2 N–H and O–H groups in total. The second-order valence-electron chi connectivity index (χ2n) is 8.05. The first-order valence-electron chi connectivity index (χ1n) is 10.6. The van der Waals surface area contributed by atoms with Crippen LogP contribution in [0.1, 0.15) is 21.6 Å². The monoisotopic (exact) mass is 471 g/mol. The molecule has 2 heterocycles. The number of anilines is 1. The van der Waals surface area contributed by atoms with Crippen LogP contribution in [-0.4, -0.2) is 26.4 Å². The Kier molecular flexibility index (Phi) is 6.11. The number of rotatable bonds is 4. The Morgan fingerprint density at radius 3 is 2.54 bits per heavy atom. The molecule has 176 valence electrons. The predicted octanol–water partition coefficient (Wildman–Crippen LogP) is 4.09. The number of nitro benzene ring substituents is 1. The Labute approximate surface area is 199 Å². The average molecular weight is 471 g/mol. The van der Waals surface area contributed by atoms with Crippen LogP contribution in [0.4, 0.5) is 16.2 Å². The minimum atomic E-state index is -0.817. The Hall–Kier alpha value is -4.86. The lowest BCUT2D eigenvalue weighted by Crippen LogP contribution is -2.34. The van der Waals surface area contributed by atoms with E-state index in [2.05, 4.69) is 15.6 Å². The molecule has 0 spiro atoms. The Bertz CT molecular complexity index is 1570. The van der Waals surface area contributed by atoms with Gasteiger partial charge in [-0.15, -0.1) is 0 Å². The van der Waals surface area contributed by atoms with Gasteiger partial charge in [0.1, 0.15) is 0 Å². The number of hydrogen-bond donors (Lipinski definition) is 2. The summed E-state index contributed by atoms with van der Waals surface area (Å²) in [6.07, 6.45) is 1.71. The van der Waals surface area contributed by atoms with Crippen molar-refractivity contribution < 1.29 is 14.5 Å². The van der Waals surface area contributed by atoms with Crippen molar-refractivity contribution in [1.29, 1.82) is 0 Å². The third kappa shape index (κ3) is 4.76. The van der Waals surface area contributed by atoms with Crippen molar-refractivity contribution in [1.82, 2.24) is 14.9 Å². The number of nitro groups is 1. The highest BCUT2D eigenvalue weighted by Gasteiger charge is 2.16. The fourth-order valence-electron chi connectivity index (χ4n) is 3.75. The third-order valence-corrected chi connectivity index (χ3v) is 5.58. The number of carbonyl (C=O) groups excluding carboxylic acids is 2. The minimum Gasteiger partial charge on any atom is -0.311 e. The summed E-state index contributed by atoms with van der Waals surface area (Å²) in [5.41, 5.74) is 3.32. The fraction of sp³-hybridized carbons (Fsp3) is 0.120. The van der Waals surface area contributed by atoms with Crippen LogP contribution < -0.4 is 16.2 Å².